The van der Waals surface area contributed by atoms with E-state index in [0.29, 0.717) is 6.04 Å². The molecule has 1 aromatic rings. The summed E-state index contributed by atoms with van der Waals surface area (Å²) in [6.45, 7) is 10.5. The van der Waals surface area contributed by atoms with Crippen molar-refractivity contribution in [1.82, 2.24) is 20.1 Å². The summed E-state index contributed by atoms with van der Waals surface area (Å²) in [5.41, 5.74) is 2.28. The number of nitrogens with one attached hydrogen (secondary N) is 1. The Morgan fingerprint density at radius 2 is 1.89 bits per heavy atom. The average Bonchev–Trinajstić information content (AvgIpc) is 2.69. The molecular formula is C22H36N4O. The van der Waals surface area contributed by atoms with Gasteiger partial charge in [-0.25, -0.2) is 0 Å². The fraction of sp³-hybridized carbons (Fsp3) is 0.727. The van der Waals surface area contributed by atoms with Crippen molar-refractivity contribution < 1.29 is 4.79 Å². The lowest BCUT2D eigenvalue weighted by Gasteiger charge is -2.41. The molecule has 0 aromatic carbocycles. The lowest BCUT2D eigenvalue weighted by molar-refractivity contribution is -0.126. The molecule has 3 heterocycles. The van der Waals surface area contributed by atoms with Crippen LogP contribution in [0.25, 0.3) is 0 Å². The SMILES string of the molecule is CCCCNC(=O)C1CCN(C2CCN(Cc3cccc(C)n3)CC2)CC1. The molecule has 0 atom stereocenters. The van der Waals surface area contributed by atoms with Crippen LogP contribution in [0.4, 0.5) is 0 Å². The van der Waals surface area contributed by atoms with E-state index in [4.69, 9.17) is 0 Å². The molecule has 0 bridgehead atoms. The van der Waals surface area contributed by atoms with Gasteiger partial charge < -0.3 is 10.2 Å². The van der Waals surface area contributed by atoms with Crippen LogP contribution in [-0.4, -0.2) is 59.5 Å². The summed E-state index contributed by atoms with van der Waals surface area (Å²) in [5.74, 6) is 0.508. The number of pyridine rings is 1. The van der Waals surface area contributed by atoms with Gasteiger partial charge in [-0.2, -0.15) is 0 Å². The number of aromatic nitrogens is 1. The number of carbonyl (C=O) groups is 1. The van der Waals surface area contributed by atoms with Crippen LogP contribution in [0.15, 0.2) is 18.2 Å². The highest BCUT2D eigenvalue weighted by Crippen LogP contribution is 2.24. The van der Waals surface area contributed by atoms with Crippen LogP contribution in [0.5, 0.6) is 0 Å². The highest BCUT2D eigenvalue weighted by molar-refractivity contribution is 5.78. The molecule has 2 aliphatic rings. The van der Waals surface area contributed by atoms with Crippen molar-refractivity contribution in [3.05, 3.63) is 29.6 Å². The zero-order chi connectivity index (χ0) is 19.1. The smallest absolute Gasteiger partial charge is 0.223 e. The van der Waals surface area contributed by atoms with E-state index in [1.54, 1.807) is 0 Å². The summed E-state index contributed by atoms with van der Waals surface area (Å²) in [6.07, 6.45) is 6.73. The first-order valence-electron chi connectivity index (χ1n) is 10.8. The van der Waals surface area contributed by atoms with Gasteiger partial charge in [0.1, 0.15) is 0 Å². The van der Waals surface area contributed by atoms with Crippen LogP contribution in [-0.2, 0) is 11.3 Å². The number of rotatable bonds is 7. The fourth-order valence-electron chi connectivity index (χ4n) is 4.42. The van der Waals surface area contributed by atoms with Gasteiger partial charge in [0.15, 0.2) is 0 Å². The van der Waals surface area contributed by atoms with E-state index in [1.165, 1.54) is 18.5 Å². The fourth-order valence-corrected chi connectivity index (χ4v) is 4.42. The zero-order valence-corrected chi connectivity index (χ0v) is 17.1. The molecule has 27 heavy (non-hydrogen) atoms. The number of amides is 1. The molecule has 1 aromatic heterocycles. The second kappa shape index (κ2) is 10.2. The molecule has 5 heteroatoms. The van der Waals surface area contributed by atoms with Crippen LogP contribution >= 0.6 is 0 Å². The van der Waals surface area contributed by atoms with Crippen LogP contribution < -0.4 is 5.32 Å². The lowest BCUT2D eigenvalue weighted by Crippen LogP contribution is -2.49. The maximum absolute atomic E-state index is 12.3. The number of likely N-dealkylation sites (tertiary alicyclic amines) is 2. The quantitative estimate of drug-likeness (QED) is 0.748. The Morgan fingerprint density at radius 3 is 2.56 bits per heavy atom. The normalized spacial score (nSPS) is 20.7. The van der Waals surface area contributed by atoms with Crippen molar-refractivity contribution >= 4 is 5.91 Å². The van der Waals surface area contributed by atoms with E-state index >= 15 is 0 Å². The predicted octanol–water partition coefficient (Wildman–Crippen LogP) is 2.98. The third-order valence-electron chi connectivity index (χ3n) is 6.14. The largest absolute Gasteiger partial charge is 0.356 e. The molecule has 5 nitrogen and oxygen atoms in total. The van der Waals surface area contributed by atoms with Crippen LogP contribution in [0.2, 0.25) is 0 Å². The van der Waals surface area contributed by atoms with Crippen molar-refractivity contribution in [1.29, 1.82) is 0 Å². The minimum absolute atomic E-state index is 0.227. The van der Waals surface area contributed by atoms with Gasteiger partial charge >= 0.3 is 0 Å². The van der Waals surface area contributed by atoms with Crippen molar-refractivity contribution in [2.75, 3.05) is 32.7 Å². The standard InChI is InChI=1S/C22H36N4O/c1-3-4-12-23-22(27)19-8-15-26(16-9-19)21-10-13-25(14-11-21)17-20-7-5-6-18(2)24-20/h5-7,19,21H,3-4,8-17H2,1-2H3,(H,23,27). The summed E-state index contributed by atoms with van der Waals surface area (Å²) in [7, 11) is 0. The van der Waals surface area contributed by atoms with E-state index in [-0.39, 0.29) is 11.8 Å². The predicted molar refractivity (Wildman–Crippen MR) is 109 cm³/mol. The van der Waals surface area contributed by atoms with Gasteiger partial charge in [0.25, 0.3) is 0 Å². The Hall–Kier alpha value is -1.46. The van der Waals surface area contributed by atoms with E-state index in [9.17, 15) is 4.79 Å². The number of aryl methyl sites for hydroxylation is 1. The summed E-state index contributed by atoms with van der Waals surface area (Å²) in [6, 6.07) is 6.99. The van der Waals surface area contributed by atoms with Gasteiger partial charge in [0, 0.05) is 43.8 Å². The molecule has 1 N–H and O–H groups in total. The number of piperidine rings is 2. The number of carbonyl (C=O) groups excluding carboxylic acids is 1. The van der Waals surface area contributed by atoms with Gasteiger partial charge in [0.05, 0.1) is 5.69 Å². The topological polar surface area (TPSA) is 48.5 Å². The van der Waals surface area contributed by atoms with Gasteiger partial charge in [0.2, 0.25) is 5.91 Å². The Bertz CT molecular complexity index is 590. The minimum atomic E-state index is 0.227. The number of hydrogen-bond donors (Lipinski definition) is 1. The maximum atomic E-state index is 12.3. The van der Waals surface area contributed by atoms with Gasteiger partial charge in [-0.1, -0.05) is 19.4 Å². The van der Waals surface area contributed by atoms with Gasteiger partial charge in [-0.3, -0.25) is 14.7 Å². The monoisotopic (exact) mass is 372 g/mol. The number of nitrogens with zero attached hydrogens (tertiary/aromatic N) is 3. The molecule has 2 fully saturated rings. The molecule has 2 aliphatic heterocycles. The highest BCUT2D eigenvalue weighted by atomic mass is 16.1. The molecule has 0 radical (unpaired) electrons. The van der Waals surface area contributed by atoms with Crippen LogP contribution in [0.3, 0.4) is 0 Å². The Kier molecular flexibility index (Phi) is 7.65. The first-order chi connectivity index (χ1) is 13.2. The van der Waals surface area contributed by atoms with Crippen molar-refractivity contribution in [3.63, 3.8) is 0 Å². The molecule has 0 spiro atoms. The highest BCUT2D eigenvalue weighted by Gasteiger charge is 2.30. The third kappa shape index (κ3) is 6.01. The van der Waals surface area contributed by atoms with E-state index in [0.717, 1.165) is 70.6 Å². The zero-order valence-electron chi connectivity index (χ0n) is 17.1. The Morgan fingerprint density at radius 1 is 1.15 bits per heavy atom. The number of hydrogen-bond acceptors (Lipinski definition) is 4. The second-order valence-corrected chi connectivity index (χ2v) is 8.23. The summed E-state index contributed by atoms with van der Waals surface area (Å²) in [4.78, 5) is 22.1. The Balaban J connectivity index is 1.37. The molecule has 0 unspecified atom stereocenters. The molecule has 1 amide bonds. The molecule has 0 aliphatic carbocycles. The van der Waals surface area contributed by atoms with Crippen molar-refractivity contribution in [3.8, 4) is 0 Å². The summed E-state index contributed by atoms with van der Waals surface area (Å²) in [5, 5.41) is 3.11. The lowest BCUT2D eigenvalue weighted by atomic mass is 9.92. The van der Waals surface area contributed by atoms with Crippen molar-refractivity contribution in [2.45, 2.75) is 65.0 Å². The average molecular weight is 373 g/mol. The summed E-state index contributed by atoms with van der Waals surface area (Å²) < 4.78 is 0. The van der Waals surface area contributed by atoms with Crippen LogP contribution in [0, 0.1) is 12.8 Å². The molecule has 3 rings (SSSR count). The second-order valence-electron chi connectivity index (χ2n) is 8.23. The first kappa shape index (κ1) is 20.3. The van der Waals surface area contributed by atoms with E-state index in [2.05, 4.69) is 52.1 Å². The number of unbranched alkanes of at least 4 members (excludes halogenated alkanes) is 1. The van der Waals surface area contributed by atoms with Crippen molar-refractivity contribution in [2.24, 2.45) is 5.92 Å². The molecule has 2 saturated heterocycles. The Labute approximate surface area is 164 Å². The summed E-state index contributed by atoms with van der Waals surface area (Å²) >= 11 is 0. The molecular weight excluding hydrogens is 336 g/mol. The molecule has 0 saturated carbocycles. The molecule has 150 valence electrons. The van der Waals surface area contributed by atoms with Crippen LogP contribution in [0.1, 0.15) is 56.8 Å². The first-order valence-corrected chi connectivity index (χ1v) is 10.8. The van der Waals surface area contributed by atoms with E-state index in [1.807, 2.05) is 0 Å². The van der Waals surface area contributed by atoms with Gasteiger partial charge in [-0.05, 0) is 64.3 Å². The minimum Gasteiger partial charge on any atom is -0.356 e. The third-order valence-corrected chi connectivity index (χ3v) is 6.14. The maximum Gasteiger partial charge on any atom is 0.223 e. The van der Waals surface area contributed by atoms with E-state index < -0.39 is 0 Å². The van der Waals surface area contributed by atoms with Gasteiger partial charge in [-0.15, -0.1) is 0 Å².